The Morgan fingerprint density at radius 3 is 2.52 bits per heavy atom. The van der Waals surface area contributed by atoms with Crippen LogP contribution in [0.3, 0.4) is 0 Å². The van der Waals surface area contributed by atoms with E-state index in [-0.39, 0.29) is 11.8 Å². The number of nitrogens with zero attached hydrogens (tertiary/aromatic N) is 1. The Bertz CT molecular complexity index is 476. The Labute approximate surface area is 139 Å². The number of ether oxygens (including phenoxy) is 1. The molecule has 0 heterocycles. The lowest BCUT2D eigenvalue weighted by Crippen LogP contribution is -2.47. The van der Waals surface area contributed by atoms with E-state index >= 15 is 0 Å². The van der Waals surface area contributed by atoms with Gasteiger partial charge in [0.1, 0.15) is 6.04 Å². The van der Waals surface area contributed by atoms with E-state index < -0.39 is 6.04 Å². The minimum atomic E-state index is -0.491. The molecule has 5 nitrogen and oxygen atoms in total. The van der Waals surface area contributed by atoms with Gasteiger partial charge in [-0.2, -0.15) is 0 Å². The fraction of sp³-hybridized carbons (Fsp3) is 0.556. The molecule has 1 atom stereocenters. The number of nitrogens with one attached hydrogen (secondary N) is 1. The zero-order chi connectivity index (χ0) is 17.1. The van der Waals surface area contributed by atoms with Crippen molar-refractivity contribution in [3.8, 4) is 0 Å². The number of carbonyl (C=O) groups excluding carboxylic acids is 2. The molecule has 0 aliphatic rings. The van der Waals surface area contributed by atoms with Gasteiger partial charge in [-0.05, 0) is 25.8 Å². The summed E-state index contributed by atoms with van der Waals surface area (Å²) in [5.41, 5.74) is 1.02. The molecule has 0 fully saturated rings. The molecule has 0 radical (unpaired) electrons. The van der Waals surface area contributed by atoms with Crippen molar-refractivity contribution in [2.45, 2.75) is 46.2 Å². The molecule has 0 aromatic heterocycles. The van der Waals surface area contributed by atoms with Crippen molar-refractivity contribution in [1.82, 2.24) is 10.2 Å². The average molecular weight is 320 g/mol. The van der Waals surface area contributed by atoms with E-state index in [1.807, 2.05) is 44.2 Å². The second-order valence-corrected chi connectivity index (χ2v) is 5.38. The van der Waals surface area contributed by atoms with Gasteiger partial charge in [0, 0.05) is 32.7 Å². The Kier molecular flexibility index (Phi) is 8.98. The predicted molar refractivity (Wildman–Crippen MR) is 90.9 cm³/mol. The van der Waals surface area contributed by atoms with Gasteiger partial charge in [-0.1, -0.05) is 37.3 Å². The first-order valence-corrected chi connectivity index (χ1v) is 8.29. The highest BCUT2D eigenvalue weighted by Crippen LogP contribution is 2.10. The van der Waals surface area contributed by atoms with Crippen LogP contribution in [-0.2, 0) is 20.9 Å². The Hall–Kier alpha value is -1.88. The summed E-state index contributed by atoms with van der Waals surface area (Å²) in [5.74, 6) is -0.148. The molecule has 1 rings (SSSR count). The lowest BCUT2D eigenvalue weighted by molar-refractivity contribution is -0.140. The minimum Gasteiger partial charge on any atom is -0.382 e. The van der Waals surface area contributed by atoms with Crippen LogP contribution in [0.25, 0.3) is 0 Å². The zero-order valence-corrected chi connectivity index (χ0v) is 14.4. The third-order valence-corrected chi connectivity index (χ3v) is 3.63. The Morgan fingerprint density at radius 1 is 1.22 bits per heavy atom. The Balaban J connectivity index is 2.59. The standard InChI is InChI=1S/C18H28N2O3/c1-4-17(21)20(14-16-10-7-6-8-11-16)15(3)18(22)19-12-9-13-23-5-2/h6-8,10-11,15H,4-5,9,12-14H2,1-3H3,(H,19,22). The van der Waals surface area contributed by atoms with Crippen molar-refractivity contribution in [3.05, 3.63) is 35.9 Å². The maximum atomic E-state index is 12.3. The summed E-state index contributed by atoms with van der Waals surface area (Å²) in [7, 11) is 0. The lowest BCUT2D eigenvalue weighted by atomic mass is 10.1. The maximum Gasteiger partial charge on any atom is 0.242 e. The summed E-state index contributed by atoms with van der Waals surface area (Å²) < 4.78 is 5.24. The lowest BCUT2D eigenvalue weighted by Gasteiger charge is -2.28. The van der Waals surface area contributed by atoms with Crippen LogP contribution in [0, 0.1) is 0 Å². The van der Waals surface area contributed by atoms with Gasteiger partial charge in [0.15, 0.2) is 0 Å². The maximum absolute atomic E-state index is 12.3. The molecule has 2 amide bonds. The summed E-state index contributed by atoms with van der Waals surface area (Å²) in [6, 6.07) is 9.23. The molecule has 1 N–H and O–H groups in total. The largest absolute Gasteiger partial charge is 0.382 e. The third kappa shape index (κ3) is 6.82. The molecular formula is C18H28N2O3. The number of hydrogen-bond acceptors (Lipinski definition) is 3. The number of rotatable bonds is 10. The van der Waals surface area contributed by atoms with E-state index in [0.717, 1.165) is 12.0 Å². The van der Waals surface area contributed by atoms with Gasteiger partial charge in [-0.15, -0.1) is 0 Å². The highest BCUT2D eigenvalue weighted by molar-refractivity contribution is 5.87. The fourth-order valence-electron chi connectivity index (χ4n) is 2.24. The summed E-state index contributed by atoms with van der Waals surface area (Å²) >= 11 is 0. The van der Waals surface area contributed by atoms with Crippen LogP contribution in [0.4, 0.5) is 0 Å². The highest BCUT2D eigenvalue weighted by atomic mass is 16.5. The first-order chi connectivity index (χ1) is 11.1. The molecule has 1 unspecified atom stereocenters. The van der Waals surface area contributed by atoms with Crippen molar-refractivity contribution < 1.29 is 14.3 Å². The molecule has 1 aromatic rings. The molecule has 0 aliphatic carbocycles. The molecule has 5 heteroatoms. The van der Waals surface area contributed by atoms with Crippen molar-refractivity contribution in [2.75, 3.05) is 19.8 Å². The van der Waals surface area contributed by atoms with Crippen LogP contribution in [0.1, 0.15) is 39.2 Å². The van der Waals surface area contributed by atoms with E-state index in [0.29, 0.717) is 32.7 Å². The molecule has 0 saturated heterocycles. The molecule has 0 bridgehead atoms. The Morgan fingerprint density at radius 2 is 1.91 bits per heavy atom. The summed E-state index contributed by atoms with van der Waals surface area (Å²) in [4.78, 5) is 26.1. The van der Waals surface area contributed by atoms with Crippen LogP contribution in [0.5, 0.6) is 0 Å². The number of carbonyl (C=O) groups is 2. The normalized spacial score (nSPS) is 11.8. The van der Waals surface area contributed by atoms with Gasteiger partial charge in [0.05, 0.1) is 0 Å². The molecule has 23 heavy (non-hydrogen) atoms. The number of hydrogen-bond donors (Lipinski definition) is 1. The topological polar surface area (TPSA) is 58.6 Å². The number of amides is 2. The molecule has 128 valence electrons. The van der Waals surface area contributed by atoms with Crippen LogP contribution in [0.15, 0.2) is 30.3 Å². The van der Waals surface area contributed by atoms with Gasteiger partial charge in [-0.25, -0.2) is 0 Å². The van der Waals surface area contributed by atoms with E-state index in [9.17, 15) is 9.59 Å². The van der Waals surface area contributed by atoms with Crippen molar-refractivity contribution in [1.29, 1.82) is 0 Å². The van der Waals surface area contributed by atoms with Crippen LogP contribution in [-0.4, -0.2) is 42.5 Å². The van der Waals surface area contributed by atoms with Gasteiger partial charge in [-0.3, -0.25) is 9.59 Å². The minimum absolute atomic E-state index is 0.0224. The van der Waals surface area contributed by atoms with E-state index in [2.05, 4.69) is 5.32 Å². The predicted octanol–water partition coefficient (Wildman–Crippen LogP) is 2.36. The monoisotopic (exact) mass is 320 g/mol. The van der Waals surface area contributed by atoms with Gasteiger partial charge in [0.2, 0.25) is 11.8 Å². The summed E-state index contributed by atoms with van der Waals surface area (Å²) in [5, 5.41) is 2.87. The van der Waals surface area contributed by atoms with E-state index in [4.69, 9.17) is 4.74 Å². The molecule has 0 spiro atoms. The molecule has 0 aliphatic heterocycles. The SMILES string of the molecule is CCOCCCNC(=O)C(C)N(Cc1ccccc1)C(=O)CC. The van der Waals surface area contributed by atoms with E-state index in [1.165, 1.54) is 0 Å². The van der Waals surface area contributed by atoms with Crippen LogP contribution < -0.4 is 5.32 Å². The van der Waals surface area contributed by atoms with Gasteiger partial charge < -0.3 is 15.0 Å². The molecular weight excluding hydrogens is 292 g/mol. The van der Waals surface area contributed by atoms with Gasteiger partial charge in [0.25, 0.3) is 0 Å². The smallest absolute Gasteiger partial charge is 0.242 e. The third-order valence-electron chi connectivity index (χ3n) is 3.63. The second kappa shape index (κ2) is 10.8. The first kappa shape index (κ1) is 19.2. The summed E-state index contributed by atoms with van der Waals surface area (Å²) in [6.07, 6.45) is 1.15. The van der Waals surface area contributed by atoms with Crippen molar-refractivity contribution in [2.24, 2.45) is 0 Å². The number of benzene rings is 1. The van der Waals surface area contributed by atoms with Crippen molar-refractivity contribution >= 4 is 11.8 Å². The molecule has 0 saturated carbocycles. The summed E-state index contributed by atoms with van der Waals surface area (Å²) in [6.45, 7) is 7.84. The van der Waals surface area contributed by atoms with Gasteiger partial charge >= 0.3 is 0 Å². The average Bonchev–Trinajstić information content (AvgIpc) is 2.59. The van der Waals surface area contributed by atoms with Crippen LogP contribution in [0.2, 0.25) is 0 Å². The van der Waals surface area contributed by atoms with Crippen molar-refractivity contribution in [3.63, 3.8) is 0 Å². The van der Waals surface area contributed by atoms with Crippen LogP contribution >= 0.6 is 0 Å². The fourth-order valence-corrected chi connectivity index (χ4v) is 2.24. The van der Waals surface area contributed by atoms with E-state index in [1.54, 1.807) is 11.8 Å². The highest BCUT2D eigenvalue weighted by Gasteiger charge is 2.24. The second-order valence-electron chi connectivity index (χ2n) is 5.38. The molecule has 1 aromatic carbocycles. The quantitative estimate of drug-likeness (QED) is 0.673. The zero-order valence-electron chi connectivity index (χ0n) is 14.4. The first-order valence-electron chi connectivity index (χ1n) is 8.29.